The van der Waals surface area contributed by atoms with Gasteiger partial charge in [-0.3, -0.25) is 5.32 Å². The zero-order chi connectivity index (χ0) is 24.2. The van der Waals surface area contributed by atoms with Crippen molar-refractivity contribution in [1.29, 1.82) is 0 Å². The van der Waals surface area contributed by atoms with Crippen LogP contribution in [0, 0.1) is 5.82 Å². The number of hydrogen-bond donors (Lipinski definition) is 3. The van der Waals surface area contributed by atoms with Crippen LogP contribution in [0.4, 0.5) is 46.9 Å². The van der Waals surface area contributed by atoms with E-state index in [0.29, 0.717) is 7.11 Å². The fraction of sp³-hybridized carbons (Fsp3) is 0.222. The molecule has 0 aromatic heterocycles. The molecule has 0 saturated heterocycles. The number of halogens is 7. The maximum atomic E-state index is 13.9. The highest BCUT2D eigenvalue weighted by molar-refractivity contribution is 5.96. The third-order valence-electron chi connectivity index (χ3n) is 3.74. The van der Waals surface area contributed by atoms with E-state index in [1.165, 1.54) is 5.32 Å². The lowest BCUT2D eigenvalue weighted by atomic mass is 10.1. The molecular weight excluding hydrogens is 455 g/mol. The number of hydrogen-bond acceptors (Lipinski definition) is 5. The highest BCUT2D eigenvalue weighted by atomic mass is 19.4. The van der Waals surface area contributed by atoms with Crippen molar-refractivity contribution in [3.8, 4) is 5.75 Å². The minimum absolute atomic E-state index is 0.222. The van der Waals surface area contributed by atoms with Crippen molar-refractivity contribution in [3.05, 3.63) is 54.3 Å². The lowest BCUT2D eigenvalue weighted by molar-refractivity contribution is -0.274. The predicted molar refractivity (Wildman–Crippen MR) is 96.1 cm³/mol. The first kappa shape index (κ1) is 24.6. The van der Waals surface area contributed by atoms with Crippen LogP contribution < -0.4 is 20.7 Å². The van der Waals surface area contributed by atoms with Crippen LogP contribution in [0.25, 0.3) is 0 Å². The second-order valence-corrected chi connectivity index (χ2v) is 6.02. The van der Waals surface area contributed by atoms with Gasteiger partial charge in [-0.1, -0.05) is 0 Å². The number of carbonyl (C=O) groups excluding carboxylic acids is 2. The summed E-state index contributed by atoms with van der Waals surface area (Å²) in [6.07, 6.45) is -10.4. The molecule has 1 atom stereocenters. The minimum Gasteiger partial charge on any atom is -0.466 e. The van der Waals surface area contributed by atoms with Gasteiger partial charge < -0.3 is 20.1 Å². The van der Waals surface area contributed by atoms with Gasteiger partial charge in [-0.15, -0.1) is 13.2 Å². The van der Waals surface area contributed by atoms with E-state index in [1.807, 2.05) is 5.32 Å². The van der Waals surface area contributed by atoms with Crippen molar-refractivity contribution in [2.45, 2.75) is 18.2 Å². The van der Waals surface area contributed by atoms with Gasteiger partial charge >= 0.3 is 30.2 Å². The molecule has 0 aliphatic heterocycles. The highest BCUT2D eigenvalue weighted by Gasteiger charge is 2.63. The number of nitrogens with one attached hydrogen (secondary N) is 3. The number of methoxy groups -OCH3 is 1. The summed E-state index contributed by atoms with van der Waals surface area (Å²) in [6, 6.07) is 5.27. The third-order valence-corrected chi connectivity index (χ3v) is 3.74. The maximum absolute atomic E-state index is 13.9. The van der Waals surface area contributed by atoms with Crippen molar-refractivity contribution in [2.75, 3.05) is 17.7 Å². The Morgan fingerprint density at radius 3 is 1.84 bits per heavy atom. The van der Waals surface area contributed by atoms with Gasteiger partial charge in [0, 0.05) is 11.4 Å². The quantitative estimate of drug-likeness (QED) is 0.332. The third kappa shape index (κ3) is 6.15. The van der Waals surface area contributed by atoms with E-state index in [4.69, 9.17) is 0 Å². The van der Waals surface area contributed by atoms with Crippen LogP contribution in [-0.2, 0) is 9.53 Å². The summed E-state index contributed by atoms with van der Waals surface area (Å²) >= 11 is 0. The summed E-state index contributed by atoms with van der Waals surface area (Å²) in [7, 11) is 0.647. The van der Waals surface area contributed by atoms with E-state index < -0.39 is 41.8 Å². The van der Waals surface area contributed by atoms with Gasteiger partial charge in [0.1, 0.15) is 11.6 Å². The first-order valence-electron chi connectivity index (χ1n) is 8.39. The first-order valence-corrected chi connectivity index (χ1v) is 8.39. The van der Waals surface area contributed by atoms with Crippen molar-refractivity contribution in [3.63, 3.8) is 0 Å². The molecule has 0 fully saturated rings. The second-order valence-electron chi connectivity index (χ2n) is 6.02. The summed E-state index contributed by atoms with van der Waals surface area (Å²) in [5, 5.41) is 5.14. The van der Waals surface area contributed by atoms with Gasteiger partial charge in [0.05, 0.1) is 7.11 Å². The van der Waals surface area contributed by atoms with Gasteiger partial charge in [0.25, 0.3) is 0 Å². The minimum atomic E-state index is -5.45. The molecular formula is C18H14F7N3O4. The molecule has 32 heavy (non-hydrogen) atoms. The predicted octanol–water partition coefficient (Wildman–Crippen LogP) is 4.39. The standard InChI is InChI=1S/C18H14F7N3O4/c1-31-14(29)16(17(20,21)22,27-12-4-2-10(19)3-5-12)28-15(30)26-11-6-8-13(9-7-11)32-18(23,24)25/h2-9,27H,1H3,(H2,26,28,30)/t16-/m0/s1. The lowest BCUT2D eigenvalue weighted by Gasteiger charge is -2.35. The molecule has 0 aliphatic rings. The zero-order valence-electron chi connectivity index (χ0n) is 15.9. The Hall–Kier alpha value is -3.71. The summed E-state index contributed by atoms with van der Waals surface area (Å²) < 4.78 is 99.1. The molecule has 3 N–H and O–H groups in total. The van der Waals surface area contributed by atoms with Crippen LogP contribution in [0.3, 0.4) is 0 Å². The van der Waals surface area contributed by atoms with Crippen LogP contribution in [0.5, 0.6) is 5.75 Å². The number of carbonyl (C=O) groups is 2. The van der Waals surface area contributed by atoms with Gasteiger partial charge in [-0.2, -0.15) is 13.2 Å². The van der Waals surface area contributed by atoms with E-state index in [-0.39, 0.29) is 11.4 Å². The average molecular weight is 469 g/mol. The lowest BCUT2D eigenvalue weighted by Crippen LogP contribution is -2.69. The SMILES string of the molecule is COC(=O)[C@@](NC(=O)Nc1ccc(OC(F)(F)F)cc1)(Nc1ccc(F)cc1)C(F)(F)F. The molecule has 0 bridgehead atoms. The first-order chi connectivity index (χ1) is 14.8. The summed E-state index contributed by atoms with van der Waals surface area (Å²) in [6.45, 7) is 0. The van der Waals surface area contributed by atoms with Crippen LogP contribution in [0.15, 0.2) is 48.5 Å². The average Bonchev–Trinajstić information content (AvgIpc) is 2.68. The number of ether oxygens (including phenoxy) is 2. The van der Waals surface area contributed by atoms with Gasteiger partial charge in [-0.05, 0) is 48.5 Å². The van der Waals surface area contributed by atoms with Crippen molar-refractivity contribution >= 4 is 23.4 Å². The molecule has 14 heteroatoms. The Bertz CT molecular complexity index is 947. The van der Waals surface area contributed by atoms with Crippen molar-refractivity contribution < 1.29 is 49.8 Å². The van der Waals surface area contributed by atoms with Crippen LogP contribution in [0.1, 0.15) is 0 Å². The fourth-order valence-corrected chi connectivity index (χ4v) is 2.37. The molecule has 2 amide bonds. The van der Waals surface area contributed by atoms with E-state index in [2.05, 4.69) is 9.47 Å². The topological polar surface area (TPSA) is 88.7 Å². The molecule has 2 aromatic rings. The molecule has 0 spiro atoms. The Labute approximate surface area is 175 Å². The molecule has 0 saturated carbocycles. The Morgan fingerprint density at radius 2 is 1.38 bits per heavy atom. The molecule has 174 valence electrons. The molecule has 2 aromatic carbocycles. The van der Waals surface area contributed by atoms with E-state index >= 15 is 0 Å². The van der Waals surface area contributed by atoms with E-state index in [0.717, 1.165) is 48.5 Å². The summed E-state index contributed by atoms with van der Waals surface area (Å²) in [5.41, 5.74) is -4.40. The van der Waals surface area contributed by atoms with E-state index in [9.17, 15) is 40.3 Å². The Balaban J connectivity index is 2.27. The highest BCUT2D eigenvalue weighted by Crippen LogP contribution is 2.33. The number of esters is 1. The van der Waals surface area contributed by atoms with Crippen molar-refractivity contribution in [2.24, 2.45) is 0 Å². The number of rotatable bonds is 6. The smallest absolute Gasteiger partial charge is 0.466 e. The Kier molecular flexibility index (Phi) is 7.06. The van der Waals surface area contributed by atoms with Gasteiger partial charge in [0.2, 0.25) is 0 Å². The molecule has 0 radical (unpaired) electrons. The molecule has 2 rings (SSSR count). The fourth-order valence-electron chi connectivity index (χ4n) is 2.37. The normalized spacial score (nSPS) is 13.5. The maximum Gasteiger partial charge on any atom is 0.573 e. The number of amides is 2. The van der Waals surface area contributed by atoms with Crippen LogP contribution in [0.2, 0.25) is 0 Å². The monoisotopic (exact) mass is 469 g/mol. The van der Waals surface area contributed by atoms with Gasteiger partial charge in [0.15, 0.2) is 0 Å². The number of benzene rings is 2. The largest absolute Gasteiger partial charge is 0.573 e. The second kappa shape index (κ2) is 9.20. The molecule has 0 unspecified atom stereocenters. The molecule has 0 aliphatic carbocycles. The van der Waals surface area contributed by atoms with Crippen molar-refractivity contribution in [1.82, 2.24) is 5.32 Å². The number of urea groups is 1. The molecule has 7 nitrogen and oxygen atoms in total. The van der Waals surface area contributed by atoms with E-state index in [1.54, 1.807) is 5.32 Å². The zero-order valence-corrected chi connectivity index (χ0v) is 15.9. The summed E-state index contributed by atoms with van der Waals surface area (Å²) in [4.78, 5) is 24.3. The van der Waals surface area contributed by atoms with Gasteiger partial charge in [-0.25, -0.2) is 14.0 Å². The molecule has 0 heterocycles. The number of alkyl halides is 6. The summed E-state index contributed by atoms with van der Waals surface area (Å²) in [5.74, 6) is -3.35. The number of anilines is 2. The van der Waals surface area contributed by atoms with Crippen LogP contribution in [-0.4, -0.2) is 37.3 Å². The van der Waals surface area contributed by atoms with Crippen LogP contribution >= 0.6 is 0 Å². The Morgan fingerprint density at radius 1 is 0.844 bits per heavy atom.